The molecular formula is C19H25N3O2S2. The summed E-state index contributed by atoms with van der Waals surface area (Å²) in [5.41, 5.74) is -0.0752. The van der Waals surface area contributed by atoms with Crippen LogP contribution in [0.25, 0.3) is 10.2 Å². The molecule has 1 saturated carbocycles. The summed E-state index contributed by atoms with van der Waals surface area (Å²) in [5.74, 6) is 1.41. The number of amides is 1. The van der Waals surface area contributed by atoms with E-state index in [0.29, 0.717) is 33.8 Å². The van der Waals surface area contributed by atoms with Gasteiger partial charge in [-0.25, -0.2) is 4.98 Å². The number of thioether (sulfide) groups is 1. The molecule has 26 heavy (non-hydrogen) atoms. The van der Waals surface area contributed by atoms with Gasteiger partial charge in [-0.05, 0) is 29.7 Å². The fourth-order valence-corrected chi connectivity index (χ4v) is 5.12. The van der Waals surface area contributed by atoms with Gasteiger partial charge in [-0.3, -0.25) is 14.2 Å². The first-order chi connectivity index (χ1) is 12.5. The first-order valence-corrected chi connectivity index (χ1v) is 10.9. The number of carbonyl (C=O) groups is 1. The van der Waals surface area contributed by atoms with E-state index in [-0.39, 0.29) is 23.3 Å². The van der Waals surface area contributed by atoms with Crippen molar-refractivity contribution in [3.05, 3.63) is 34.5 Å². The van der Waals surface area contributed by atoms with E-state index in [2.05, 4.69) is 30.7 Å². The van der Waals surface area contributed by atoms with Crippen LogP contribution >= 0.6 is 23.1 Å². The monoisotopic (exact) mass is 391 g/mol. The Kier molecular flexibility index (Phi) is 6.19. The summed E-state index contributed by atoms with van der Waals surface area (Å²) in [6, 6.07) is 2.04. The van der Waals surface area contributed by atoms with Crippen LogP contribution in [0.3, 0.4) is 0 Å². The lowest BCUT2D eigenvalue weighted by Gasteiger charge is -2.34. The molecule has 1 N–H and O–H groups in total. The van der Waals surface area contributed by atoms with Crippen molar-refractivity contribution < 1.29 is 4.79 Å². The van der Waals surface area contributed by atoms with Crippen molar-refractivity contribution in [2.45, 2.75) is 50.9 Å². The second kappa shape index (κ2) is 8.39. The third kappa shape index (κ3) is 4.04. The molecule has 0 saturated heterocycles. The van der Waals surface area contributed by atoms with Crippen LogP contribution in [0.4, 0.5) is 0 Å². The third-order valence-electron chi connectivity index (χ3n) is 5.25. The fourth-order valence-electron chi connectivity index (χ4n) is 3.49. The molecule has 5 nitrogen and oxygen atoms in total. The summed E-state index contributed by atoms with van der Waals surface area (Å²) in [6.45, 7) is 8.58. The van der Waals surface area contributed by atoms with Gasteiger partial charge >= 0.3 is 0 Å². The Morgan fingerprint density at radius 1 is 1.50 bits per heavy atom. The van der Waals surface area contributed by atoms with Crippen LogP contribution in [0, 0.1) is 11.8 Å². The van der Waals surface area contributed by atoms with Gasteiger partial charge in [0.25, 0.3) is 5.56 Å². The van der Waals surface area contributed by atoms with Gasteiger partial charge in [0.15, 0.2) is 5.16 Å². The first kappa shape index (κ1) is 19.2. The van der Waals surface area contributed by atoms with Crippen molar-refractivity contribution >= 4 is 39.2 Å². The average molecular weight is 392 g/mol. The maximum absolute atomic E-state index is 12.6. The van der Waals surface area contributed by atoms with E-state index in [1.807, 2.05) is 5.38 Å². The Labute approximate surface area is 161 Å². The van der Waals surface area contributed by atoms with Crippen molar-refractivity contribution in [3.8, 4) is 0 Å². The molecule has 3 atom stereocenters. The van der Waals surface area contributed by atoms with Gasteiger partial charge in [0, 0.05) is 12.6 Å². The zero-order valence-electron chi connectivity index (χ0n) is 15.2. The first-order valence-electron chi connectivity index (χ1n) is 9.02. The Morgan fingerprint density at radius 3 is 3.08 bits per heavy atom. The van der Waals surface area contributed by atoms with Crippen LogP contribution in [-0.4, -0.2) is 27.3 Å². The lowest BCUT2D eigenvalue weighted by Crippen LogP contribution is -2.44. The van der Waals surface area contributed by atoms with Crippen molar-refractivity contribution in [1.29, 1.82) is 0 Å². The topological polar surface area (TPSA) is 64.0 Å². The molecule has 140 valence electrons. The lowest BCUT2D eigenvalue weighted by atomic mass is 9.78. The predicted molar refractivity (Wildman–Crippen MR) is 109 cm³/mol. The summed E-state index contributed by atoms with van der Waals surface area (Å²) in [6.07, 6.45) is 5.12. The Balaban J connectivity index is 1.70. The van der Waals surface area contributed by atoms with Gasteiger partial charge < -0.3 is 5.32 Å². The zero-order chi connectivity index (χ0) is 18.7. The molecule has 0 aromatic carbocycles. The molecule has 1 fully saturated rings. The fraction of sp³-hybridized carbons (Fsp3) is 0.526. The number of nitrogens with one attached hydrogen (secondary N) is 1. The van der Waals surface area contributed by atoms with Gasteiger partial charge in [-0.2, -0.15) is 0 Å². The molecule has 0 bridgehead atoms. The highest BCUT2D eigenvalue weighted by atomic mass is 32.2. The van der Waals surface area contributed by atoms with Gasteiger partial charge in [0.2, 0.25) is 5.91 Å². The number of hydrogen-bond donors (Lipinski definition) is 1. The molecule has 2 heterocycles. The highest BCUT2D eigenvalue weighted by Crippen LogP contribution is 2.29. The van der Waals surface area contributed by atoms with Gasteiger partial charge in [-0.1, -0.05) is 44.5 Å². The van der Waals surface area contributed by atoms with E-state index < -0.39 is 0 Å². The summed E-state index contributed by atoms with van der Waals surface area (Å²) in [4.78, 5) is 30.3. The lowest BCUT2D eigenvalue weighted by molar-refractivity contribution is -0.120. The SMILES string of the molecule is C=CCn1c(SCC(=O)NC2CCCC(C)C2C)nc2sccc2c1=O. The van der Waals surface area contributed by atoms with Crippen LogP contribution in [-0.2, 0) is 11.3 Å². The van der Waals surface area contributed by atoms with E-state index in [9.17, 15) is 9.59 Å². The molecule has 3 rings (SSSR count). The maximum atomic E-state index is 12.6. The highest BCUT2D eigenvalue weighted by molar-refractivity contribution is 7.99. The number of thiophene rings is 1. The number of fused-ring (bicyclic) bond motifs is 1. The summed E-state index contributed by atoms with van der Waals surface area (Å²) >= 11 is 2.76. The number of hydrogen-bond acceptors (Lipinski definition) is 5. The van der Waals surface area contributed by atoms with Crippen molar-refractivity contribution in [2.75, 3.05) is 5.75 Å². The molecule has 1 aliphatic carbocycles. The Hall–Kier alpha value is -1.60. The van der Waals surface area contributed by atoms with Crippen LogP contribution < -0.4 is 10.9 Å². The summed E-state index contributed by atoms with van der Waals surface area (Å²) in [5, 5.41) is 6.24. The van der Waals surface area contributed by atoms with E-state index in [1.54, 1.807) is 16.7 Å². The smallest absolute Gasteiger partial charge is 0.263 e. The Morgan fingerprint density at radius 2 is 2.31 bits per heavy atom. The highest BCUT2D eigenvalue weighted by Gasteiger charge is 2.28. The summed E-state index contributed by atoms with van der Waals surface area (Å²) < 4.78 is 1.59. The Bertz CT molecular complexity index is 858. The largest absolute Gasteiger partial charge is 0.352 e. The quantitative estimate of drug-likeness (QED) is 0.463. The number of aromatic nitrogens is 2. The molecule has 2 aromatic heterocycles. The second-order valence-corrected chi connectivity index (χ2v) is 8.81. The minimum Gasteiger partial charge on any atom is -0.352 e. The maximum Gasteiger partial charge on any atom is 0.263 e. The summed E-state index contributed by atoms with van der Waals surface area (Å²) in [7, 11) is 0. The van der Waals surface area contributed by atoms with Gasteiger partial charge in [-0.15, -0.1) is 17.9 Å². The van der Waals surface area contributed by atoms with E-state index in [0.717, 1.165) is 6.42 Å². The molecule has 0 radical (unpaired) electrons. The van der Waals surface area contributed by atoms with Crippen molar-refractivity contribution in [1.82, 2.24) is 14.9 Å². The zero-order valence-corrected chi connectivity index (χ0v) is 16.9. The average Bonchev–Trinajstić information content (AvgIpc) is 3.09. The molecule has 3 unspecified atom stereocenters. The normalized spacial score (nSPS) is 23.1. The molecule has 0 aliphatic heterocycles. The molecule has 1 aliphatic rings. The van der Waals surface area contributed by atoms with Crippen LogP contribution in [0.15, 0.2) is 34.1 Å². The second-order valence-electron chi connectivity index (χ2n) is 6.97. The van der Waals surface area contributed by atoms with Crippen LogP contribution in [0.2, 0.25) is 0 Å². The number of rotatable bonds is 6. The molecular weight excluding hydrogens is 366 g/mol. The van der Waals surface area contributed by atoms with E-state index in [4.69, 9.17) is 0 Å². The standard InChI is InChI=1S/C19H25N3O2S2/c1-4-9-22-18(24)14-8-10-25-17(14)21-19(22)26-11-16(23)20-15-7-5-6-12(2)13(15)3/h4,8,10,12-13,15H,1,5-7,9,11H2,2-3H3,(H,20,23). The minimum atomic E-state index is -0.0752. The number of carbonyl (C=O) groups excluding carboxylic acids is 1. The molecule has 1 amide bonds. The van der Waals surface area contributed by atoms with E-state index in [1.165, 1.54) is 35.9 Å². The number of nitrogens with zero attached hydrogens (tertiary/aromatic N) is 2. The number of allylic oxidation sites excluding steroid dienone is 1. The van der Waals surface area contributed by atoms with Gasteiger partial charge in [0.05, 0.1) is 11.1 Å². The predicted octanol–water partition coefficient (Wildman–Crippen LogP) is 3.68. The van der Waals surface area contributed by atoms with Crippen molar-refractivity contribution in [3.63, 3.8) is 0 Å². The minimum absolute atomic E-state index is 0.00614. The molecule has 0 spiro atoms. The van der Waals surface area contributed by atoms with Crippen LogP contribution in [0.5, 0.6) is 0 Å². The van der Waals surface area contributed by atoms with E-state index >= 15 is 0 Å². The molecule has 2 aromatic rings. The third-order valence-corrected chi connectivity index (χ3v) is 7.03. The van der Waals surface area contributed by atoms with Crippen molar-refractivity contribution in [2.24, 2.45) is 11.8 Å². The molecule has 7 heteroatoms. The van der Waals surface area contributed by atoms with Crippen LogP contribution in [0.1, 0.15) is 33.1 Å². The van der Waals surface area contributed by atoms with Gasteiger partial charge in [0.1, 0.15) is 4.83 Å².